The molecule has 0 radical (unpaired) electrons. The number of hydrogen-bond acceptors (Lipinski definition) is 8. The van der Waals surface area contributed by atoms with E-state index in [0.29, 0.717) is 5.01 Å². The third kappa shape index (κ3) is 5.30. The summed E-state index contributed by atoms with van der Waals surface area (Å²) in [6, 6.07) is 9.25. The molecule has 0 bridgehead atoms. The summed E-state index contributed by atoms with van der Waals surface area (Å²) in [5, 5.41) is 21.8. The third-order valence-electron chi connectivity index (χ3n) is 3.84. The van der Waals surface area contributed by atoms with E-state index in [-0.39, 0.29) is 43.5 Å². The molecule has 9 nitrogen and oxygen atoms in total. The van der Waals surface area contributed by atoms with E-state index in [0.717, 1.165) is 11.3 Å². The molecule has 1 heterocycles. The van der Waals surface area contributed by atoms with E-state index in [4.69, 9.17) is 23.2 Å². The minimum atomic E-state index is -3.70. The van der Waals surface area contributed by atoms with Crippen LogP contribution in [0.3, 0.4) is 0 Å². The van der Waals surface area contributed by atoms with Crippen molar-refractivity contribution in [1.82, 2.24) is 10.2 Å². The summed E-state index contributed by atoms with van der Waals surface area (Å²) >= 11 is 12.8. The standard InChI is InChI=1S/C17H12Cl2N4O5S2/c18-11-3-6-13(19)14(9-11)30(27,28)8-7-15-21-22-17(29-15)20-16(24)10-1-4-12(5-2-10)23(25)26/h1-6,9H,7-8H2,(H,20,22,24). The van der Waals surface area contributed by atoms with Crippen LogP contribution in [-0.2, 0) is 16.3 Å². The molecule has 3 aromatic rings. The van der Waals surface area contributed by atoms with Gasteiger partial charge in [0.1, 0.15) is 5.01 Å². The fourth-order valence-corrected chi connectivity index (χ4v) is 5.28. The smallest absolute Gasteiger partial charge is 0.269 e. The number of amides is 1. The number of halogens is 2. The molecular formula is C17H12Cl2N4O5S2. The molecule has 0 spiro atoms. The van der Waals surface area contributed by atoms with Gasteiger partial charge in [-0.1, -0.05) is 34.5 Å². The molecule has 0 saturated carbocycles. The molecule has 1 aromatic heterocycles. The maximum absolute atomic E-state index is 12.5. The van der Waals surface area contributed by atoms with Crippen molar-refractivity contribution in [3.63, 3.8) is 0 Å². The SMILES string of the molecule is O=C(Nc1nnc(CCS(=O)(=O)c2cc(Cl)ccc2Cl)s1)c1ccc([N+](=O)[O-])cc1. The van der Waals surface area contributed by atoms with E-state index >= 15 is 0 Å². The van der Waals surface area contributed by atoms with Crippen molar-refractivity contribution in [2.24, 2.45) is 0 Å². The lowest BCUT2D eigenvalue weighted by atomic mass is 10.2. The van der Waals surface area contributed by atoms with Crippen molar-refractivity contribution in [2.45, 2.75) is 11.3 Å². The minimum absolute atomic E-state index is 0.0621. The first kappa shape index (κ1) is 22.1. The Morgan fingerprint density at radius 3 is 2.50 bits per heavy atom. The van der Waals surface area contributed by atoms with Crippen LogP contribution in [0.4, 0.5) is 10.8 Å². The number of aryl methyl sites for hydroxylation is 1. The maximum atomic E-state index is 12.5. The van der Waals surface area contributed by atoms with Gasteiger partial charge in [-0.15, -0.1) is 10.2 Å². The summed E-state index contributed by atoms with van der Waals surface area (Å²) in [7, 11) is -3.70. The molecule has 2 aromatic carbocycles. The zero-order chi connectivity index (χ0) is 21.9. The molecule has 3 rings (SSSR count). The van der Waals surface area contributed by atoms with Crippen LogP contribution in [0, 0.1) is 10.1 Å². The van der Waals surface area contributed by atoms with Gasteiger partial charge in [0.15, 0.2) is 9.84 Å². The summed E-state index contributed by atoms with van der Waals surface area (Å²) in [5.41, 5.74) is 0.0706. The Balaban J connectivity index is 1.64. The number of nitro groups is 1. The lowest BCUT2D eigenvalue weighted by Gasteiger charge is -2.06. The van der Waals surface area contributed by atoms with Gasteiger partial charge in [-0.05, 0) is 30.3 Å². The van der Waals surface area contributed by atoms with Crippen LogP contribution in [-0.4, -0.2) is 35.2 Å². The first-order chi connectivity index (χ1) is 14.2. The monoisotopic (exact) mass is 486 g/mol. The van der Waals surface area contributed by atoms with Gasteiger partial charge >= 0.3 is 0 Å². The first-order valence-electron chi connectivity index (χ1n) is 8.22. The zero-order valence-electron chi connectivity index (χ0n) is 14.9. The van der Waals surface area contributed by atoms with Crippen LogP contribution in [0.5, 0.6) is 0 Å². The molecule has 0 aliphatic carbocycles. The van der Waals surface area contributed by atoms with Crippen molar-refractivity contribution in [3.8, 4) is 0 Å². The maximum Gasteiger partial charge on any atom is 0.269 e. The zero-order valence-corrected chi connectivity index (χ0v) is 18.1. The molecule has 0 saturated heterocycles. The van der Waals surface area contributed by atoms with Crippen molar-refractivity contribution in [1.29, 1.82) is 0 Å². The van der Waals surface area contributed by atoms with Gasteiger partial charge in [0.25, 0.3) is 11.6 Å². The molecule has 156 valence electrons. The summed E-state index contributed by atoms with van der Waals surface area (Å²) in [6.45, 7) is 0. The number of sulfone groups is 1. The predicted molar refractivity (Wildman–Crippen MR) is 113 cm³/mol. The highest BCUT2D eigenvalue weighted by atomic mass is 35.5. The summed E-state index contributed by atoms with van der Waals surface area (Å²) < 4.78 is 25.0. The molecule has 1 N–H and O–H groups in total. The molecule has 1 amide bonds. The van der Waals surface area contributed by atoms with E-state index in [1.807, 2.05) is 0 Å². The van der Waals surface area contributed by atoms with Crippen LogP contribution < -0.4 is 5.32 Å². The van der Waals surface area contributed by atoms with Gasteiger partial charge < -0.3 is 0 Å². The second-order valence-corrected chi connectivity index (χ2v) is 9.89. The van der Waals surface area contributed by atoms with Crippen LogP contribution in [0.15, 0.2) is 47.4 Å². The summed E-state index contributed by atoms with van der Waals surface area (Å²) in [4.78, 5) is 22.2. The number of nitrogens with zero attached hydrogens (tertiary/aromatic N) is 3. The Morgan fingerprint density at radius 1 is 1.13 bits per heavy atom. The third-order valence-corrected chi connectivity index (χ3v) is 7.17. The molecule has 30 heavy (non-hydrogen) atoms. The highest BCUT2D eigenvalue weighted by molar-refractivity contribution is 7.91. The van der Waals surface area contributed by atoms with Crippen molar-refractivity contribution in [2.75, 3.05) is 11.1 Å². The molecular weight excluding hydrogens is 475 g/mol. The number of nitro benzene ring substituents is 1. The van der Waals surface area contributed by atoms with E-state index in [9.17, 15) is 23.3 Å². The highest BCUT2D eigenvalue weighted by Gasteiger charge is 2.20. The van der Waals surface area contributed by atoms with E-state index in [1.54, 1.807) is 0 Å². The van der Waals surface area contributed by atoms with Gasteiger partial charge in [0.05, 0.1) is 20.6 Å². The number of rotatable bonds is 7. The number of hydrogen-bond donors (Lipinski definition) is 1. The Hall–Kier alpha value is -2.60. The molecule has 0 atom stereocenters. The van der Waals surface area contributed by atoms with Gasteiger partial charge in [0.2, 0.25) is 5.13 Å². The van der Waals surface area contributed by atoms with Crippen LogP contribution in [0.25, 0.3) is 0 Å². The van der Waals surface area contributed by atoms with Crippen LogP contribution >= 0.6 is 34.5 Å². The number of anilines is 1. The second-order valence-electron chi connectivity index (χ2n) is 5.90. The molecule has 0 unspecified atom stereocenters. The fourth-order valence-electron chi connectivity index (χ4n) is 2.36. The number of non-ortho nitro benzene ring substituents is 1. The second kappa shape index (κ2) is 9.04. The average Bonchev–Trinajstić information content (AvgIpc) is 3.15. The molecule has 0 fully saturated rings. The number of carbonyl (C=O) groups is 1. The Morgan fingerprint density at radius 2 is 1.83 bits per heavy atom. The van der Waals surface area contributed by atoms with Crippen molar-refractivity contribution < 1.29 is 18.1 Å². The summed E-state index contributed by atoms with van der Waals surface area (Å²) in [5.74, 6) is -0.788. The normalized spacial score (nSPS) is 11.3. The van der Waals surface area contributed by atoms with Gasteiger partial charge in [-0.3, -0.25) is 20.2 Å². The van der Waals surface area contributed by atoms with Crippen molar-refractivity contribution in [3.05, 3.63) is 73.2 Å². The Kier molecular flexibility index (Phi) is 6.66. The minimum Gasteiger partial charge on any atom is -0.296 e. The molecule has 0 aliphatic heterocycles. The van der Waals surface area contributed by atoms with Gasteiger partial charge in [-0.25, -0.2) is 8.42 Å². The topological polar surface area (TPSA) is 132 Å². The number of nitrogens with one attached hydrogen (secondary N) is 1. The molecule has 0 aliphatic rings. The van der Waals surface area contributed by atoms with E-state index in [2.05, 4.69) is 15.5 Å². The molecule has 13 heteroatoms. The lowest BCUT2D eigenvalue weighted by molar-refractivity contribution is -0.384. The average molecular weight is 487 g/mol. The van der Waals surface area contributed by atoms with Crippen molar-refractivity contribution >= 4 is 61.1 Å². The summed E-state index contributed by atoms with van der Waals surface area (Å²) in [6.07, 6.45) is 0.0657. The quantitative estimate of drug-likeness (QED) is 0.393. The number of aromatic nitrogens is 2. The number of benzene rings is 2. The van der Waals surface area contributed by atoms with Crippen LogP contribution in [0.1, 0.15) is 15.4 Å². The van der Waals surface area contributed by atoms with E-state index < -0.39 is 20.7 Å². The predicted octanol–water partition coefficient (Wildman–Crippen LogP) is 4.02. The van der Waals surface area contributed by atoms with E-state index in [1.165, 1.54) is 42.5 Å². The first-order valence-corrected chi connectivity index (χ1v) is 11.4. The number of carbonyl (C=O) groups excluding carboxylic acids is 1. The largest absolute Gasteiger partial charge is 0.296 e. The van der Waals surface area contributed by atoms with Gasteiger partial charge in [-0.2, -0.15) is 0 Å². The Bertz CT molecular complexity index is 1210. The van der Waals surface area contributed by atoms with Gasteiger partial charge in [0, 0.05) is 29.1 Å². The van der Waals surface area contributed by atoms with Crippen LogP contribution in [0.2, 0.25) is 10.0 Å². The lowest BCUT2D eigenvalue weighted by Crippen LogP contribution is -2.11. The Labute approximate surface area is 184 Å². The highest BCUT2D eigenvalue weighted by Crippen LogP contribution is 2.27. The fraction of sp³-hybridized carbons (Fsp3) is 0.118.